The molecule has 4 aromatic carbocycles. The maximum atomic E-state index is 13.4. The molecule has 2 heterocycles. The van der Waals surface area contributed by atoms with E-state index in [4.69, 9.17) is 13.7 Å². The van der Waals surface area contributed by atoms with Gasteiger partial charge >= 0.3 is 10.1 Å². The minimum Gasteiger partial charge on any atom is -0.388 e. The number of anilines is 1. The summed E-state index contributed by atoms with van der Waals surface area (Å²) >= 11 is 0. The quantitative estimate of drug-likeness (QED) is 0.126. The predicted molar refractivity (Wildman–Crippen MR) is 181 cm³/mol. The number of methoxy groups -OCH3 is 1. The smallest absolute Gasteiger partial charge is 0.311 e. The molecule has 0 saturated carbocycles. The second-order valence-electron chi connectivity index (χ2n) is 12.4. The number of ether oxygens (including phenoxy) is 2. The number of aliphatic hydroxyl groups excluding tert-OH is 4. The average Bonchev–Trinajstić information content (AvgIpc) is 3.11. The summed E-state index contributed by atoms with van der Waals surface area (Å²) in [6, 6.07) is 28.8. The standard InChI is InChI=1S/C37H38FNO10S/c1-47-37-35(43)34(42)33(41)31(48-37)21-50(45,46)49-28-17-13-23(14-18-28)22-7-9-25(10-8-22)32-29(36(44)39(32)27-5-3-2-4-6-27)19-20-30(40)24-11-15-26(38)16-12-24/h2-18,29-35,37,40-43H,19-21H2,1H3/t29-,30+,31?,32-,33+,34+,35?,37-/m1/s1. The molecule has 0 radical (unpaired) electrons. The van der Waals surface area contributed by atoms with E-state index in [-0.39, 0.29) is 29.4 Å². The van der Waals surface area contributed by atoms with E-state index in [9.17, 15) is 38.0 Å². The van der Waals surface area contributed by atoms with Crippen LogP contribution in [0.5, 0.6) is 5.75 Å². The Hall–Kier alpha value is -4.21. The van der Waals surface area contributed by atoms with Crippen molar-refractivity contribution in [2.24, 2.45) is 5.92 Å². The summed E-state index contributed by atoms with van der Waals surface area (Å²) in [7, 11) is -3.08. The van der Waals surface area contributed by atoms with Crippen molar-refractivity contribution in [2.45, 2.75) is 55.7 Å². The molecule has 2 unspecified atom stereocenters. The monoisotopic (exact) mass is 707 g/mol. The summed E-state index contributed by atoms with van der Waals surface area (Å²) in [5.41, 5.74) is 3.87. The molecule has 0 spiro atoms. The van der Waals surface area contributed by atoms with Gasteiger partial charge in [0.2, 0.25) is 5.91 Å². The molecule has 264 valence electrons. The van der Waals surface area contributed by atoms with Crippen molar-refractivity contribution in [3.63, 3.8) is 0 Å². The lowest BCUT2D eigenvalue weighted by Crippen LogP contribution is -2.59. The summed E-state index contributed by atoms with van der Waals surface area (Å²) in [5.74, 6) is -1.57. The Morgan fingerprint density at radius 3 is 2.08 bits per heavy atom. The van der Waals surface area contributed by atoms with Gasteiger partial charge in [-0.25, -0.2) is 4.39 Å². The van der Waals surface area contributed by atoms with Gasteiger partial charge in [0.05, 0.1) is 18.1 Å². The molecule has 0 aliphatic carbocycles. The number of halogens is 1. The van der Waals surface area contributed by atoms with Crippen LogP contribution in [0, 0.1) is 11.7 Å². The van der Waals surface area contributed by atoms with Gasteiger partial charge in [-0.1, -0.05) is 66.7 Å². The zero-order valence-corrected chi connectivity index (χ0v) is 27.8. The van der Waals surface area contributed by atoms with E-state index in [1.807, 2.05) is 54.6 Å². The number of carbonyl (C=O) groups is 1. The maximum absolute atomic E-state index is 13.4. The molecule has 13 heteroatoms. The number of benzene rings is 4. The highest BCUT2D eigenvalue weighted by Gasteiger charge is 2.48. The van der Waals surface area contributed by atoms with Crippen molar-refractivity contribution in [2.75, 3.05) is 17.8 Å². The second kappa shape index (κ2) is 15.0. The Kier molecular flexibility index (Phi) is 10.6. The van der Waals surface area contributed by atoms with E-state index >= 15 is 0 Å². The predicted octanol–water partition coefficient (Wildman–Crippen LogP) is 3.87. The SMILES string of the molecule is CO[C@@H]1OC(CS(=O)(=O)Oc2ccc(-c3ccc([C@@H]4[C@@H](CC[C@H](O)c5ccc(F)cc5)C(=O)N4c4ccccc4)cc3)cc2)[C@H](O)[C@H](O)C1O. The minimum absolute atomic E-state index is 0.0247. The van der Waals surface area contributed by atoms with Crippen LogP contribution in [0.2, 0.25) is 0 Å². The van der Waals surface area contributed by atoms with Crippen molar-refractivity contribution in [3.05, 3.63) is 120 Å². The number of rotatable bonds is 12. The van der Waals surface area contributed by atoms with Gasteiger partial charge in [-0.3, -0.25) is 4.79 Å². The zero-order chi connectivity index (χ0) is 35.6. The third-order valence-corrected chi connectivity index (χ3v) is 10.4. The van der Waals surface area contributed by atoms with Crippen molar-refractivity contribution < 1.29 is 51.7 Å². The Morgan fingerprint density at radius 1 is 0.840 bits per heavy atom. The summed E-state index contributed by atoms with van der Waals surface area (Å²) < 4.78 is 54.4. The van der Waals surface area contributed by atoms with Crippen molar-refractivity contribution in [1.29, 1.82) is 0 Å². The van der Waals surface area contributed by atoms with E-state index in [1.165, 1.54) is 31.4 Å². The van der Waals surface area contributed by atoms with Crippen LogP contribution in [-0.2, 0) is 24.4 Å². The molecule has 11 nitrogen and oxygen atoms in total. The van der Waals surface area contributed by atoms with E-state index < -0.39 is 52.7 Å². The van der Waals surface area contributed by atoms with Crippen LogP contribution in [0.4, 0.5) is 10.1 Å². The molecule has 1 amide bonds. The van der Waals surface area contributed by atoms with E-state index in [1.54, 1.807) is 29.2 Å². The molecule has 4 aromatic rings. The van der Waals surface area contributed by atoms with Gasteiger partial charge in [-0.05, 0) is 71.5 Å². The lowest BCUT2D eigenvalue weighted by molar-refractivity contribution is -0.285. The largest absolute Gasteiger partial charge is 0.388 e. The first-order chi connectivity index (χ1) is 24.0. The van der Waals surface area contributed by atoms with Gasteiger partial charge in [0, 0.05) is 12.8 Å². The first-order valence-electron chi connectivity index (χ1n) is 16.1. The molecule has 2 saturated heterocycles. The van der Waals surface area contributed by atoms with Crippen LogP contribution >= 0.6 is 0 Å². The molecule has 2 aliphatic rings. The molecule has 4 N–H and O–H groups in total. The number of nitrogens with zero attached hydrogens (tertiary/aromatic N) is 1. The fourth-order valence-electron chi connectivity index (χ4n) is 6.48. The van der Waals surface area contributed by atoms with Crippen LogP contribution in [0.15, 0.2) is 103 Å². The van der Waals surface area contributed by atoms with E-state index in [0.29, 0.717) is 18.4 Å². The Morgan fingerprint density at radius 2 is 1.46 bits per heavy atom. The van der Waals surface area contributed by atoms with Gasteiger partial charge < -0.3 is 39.0 Å². The number of hydrogen-bond donors (Lipinski definition) is 4. The van der Waals surface area contributed by atoms with E-state index in [0.717, 1.165) is 22.4 Å². The molecule has 0 aromatic heterocycles. The fourth-order valence-corrected chi connectivity index (χ4v) is 7.63. The maximum Gasteiger partial charge on any atom is 0.311 e. The number of hydrogen-bond acceptors (Lipinski definition) is 10. The highest BCUT2D eigenvalue weighted by Crippen LogP contribution is 2.46. The topological polar surface area (TPSA) is 163 Å². The first-order valence-corrected chi connectivity index (χ1v) is 17.7. The number of para-hydroxylation sites is 1. The van der Waals surface area contributed by atoms with Gasteiger partial charge in [0.1, 0.15) is 41.7 Å². The molecule has 8 atom stereocenters. The molecule has 6 rings (SSSR count). The van der Waals surface area contributed by atoms with Gasteiger partial charge in [0.25, 0.3) is 0 Å². The average molecular weight is 708 g/mol. The normalized spacial score (nSPS) is 25.9. The Bertz CT molecular complexity index is 1860. The van der Waals surface area contributed by atoms with Gasteiger partial charge in [-0.2, -0.15) is 8.42 Å². The zero-order valence-electron chi connectivity index (χ0n) is 27.0. The lowest BCUT2D eigenvalue weighted by Gasteiger charge is -2.48. The fraction of sp³-hybridized carbons (Fsp3) is 0.324. The first kappa shape index (κ1) is 35.6. The molecule has 2 aliphatic heterocycles. The molecule has 50 heavy (non-hydrogen) atoms. The number of aliphatic hydroxyl groups is 4. The summed E-state index contributed by atoms with van der Waals surface area (Å²) in [6.45, 7) is 0. The van der Waals surface area contributed by atoms with Crippen molar-refractivity contribution in [3.8, 4) is 16.9 Å². The summed E-state index contributed by atoms with van der Waals surface area (Å²) in [4.78, 5) is 15.2. The molecule has 0 bridgehead atoms. The van der Waals surface area contributed by atoms with Crippen LogP contribution < -0.4 is 9.08 Å². The van der Waals surface area contributed by atoms with Crippen molar-refractivity contribution >= 4 is 21.7 Å². The third-order valence-electron chi connectivity index (χ3n) is 9.19. The lowest BCUT2D eigenvalue weighted by atomic mass is 9.78. The summed E-state index contributed by atoms with van der Waals surface area (Å²) in [6.07, 6.45) is -7.70. The number of carbonyl (C=O) groups excluding carboxylic acids is 1. The molecule has 2 fully saturated rings. The molecular formula is C37H38FNO10S. The Balaban J connectivity index is 1.13. The van der Waals surface area contributed by atoms with Crippen LogP contribution in [0.25, 0.3) is 11.1 Å². The van der Waals surface area contributed by atoms with Gasteiger partial charge in [-0.15, -0.1) is 0 Å². The van der Waals surface area contributed by atoms with E-state index in [2.05, 4.69) is 0 Å². The highest BCUT2D eigenvalue weighted by atomic mass is 32.2. The number of amides is 1. The van der Waals surface area contributed by atoms with Gasteiger partial charge in [0.15, 0.2) is 6.29 Å². The molecular weight excluding hydrogens is 669 g/mol. The second-order valence-corrected chi connectivity index (χ2v) is 14.1. The third kappa shape index (κ3) is 7.59. The van der Waals surface area contributed by atoms with Crippen LogP contribution in [0.1, 0.15) is 36.1 Å². The van der Waals surface area contributed by atoms with Crippen molar-refractivity contribution in [1.82, 2.24) is 0 Å². The van der Waals surface area contributed by atoms with Crippen LogP contribution in [-0.4, -0.2) is 78.3 Å². The van der Waals surface area contributed by atoms with Crippen LogP contribution in [0.3, 0.4) is 0 Å². The number of β-lactam (4-membered cyclic amide) rings is 1. The summed E-state index contributed by atoms with van der Waals surface area (Å²) in [5, 5.41) is 41.0. The highest BCUT2D eigenvalue weighted by molar-refractivity contribution is 7.87. The minimum atomic E-state index is -4.29. The Labute approximate surface area is 289 Å².